The molecule has 1 amide bonds. The minimum atomic E-state index is -0.655. The van der Waals surface area contributed by atoms with Crippen LogP contribution in [0.5, 0.6) is 11.5 Å². The summed E-state index contributed by atoms with van der Waals surface area (Å²) >= 11 is 5.73. The van der Waals surface area contributed by atoms with Crippen molar-refractivity contribution in [3.63, 3.8) is 0 Å². The van der Waals surface area contributed by atoms with E-state index in [1.54, 1.807) is 25.1 Å². The van der Waals surface area contributed by atoms with Crippen LogP contribution in [0.25, 0.3) is 0 Å². The summed E-state index contributed by atoms with van der Waals surface area (Å²) in [4.78, 5) is 22.4. The molecule has 0 aliphatic heterocycles. The third-order valence-corrected chi connectivity index (χ3v) is 3.85. The predicted octanol–water partition coefficient (Wildman–Crippen LogP) is 3.42. The molecule has 2 aromatic rings. The fourth-order valence-electron chi connectivity index (χ4n) is 2.12. The SMILES string of the molecule is COc1ccc(/C(C)=N\NC(=O)c2ccc(Cl)c([N+](=O)[O-])c2)cc1OC. The molecule has 0 heterocycles. The molecule has 0 bridgehead atoms. The average molecular weight is 378 g/mol. The van der Waals surface area contributed by atoms with Gasteiger partial charge in [0.05, 0.1) is 24.9 Å². The number of amides is 1. The predicted molar refractivity (Wildman–Crippen MR) is 97.3 cm³/mol. The fraction of sp³-hybridized carbons (Fsp3) is 0.176. The number of hydrogen-bond donors (Lipinski definition) is 1. The van der Waals surface area contributed by atoms with Gasteiger partial charge in [0.25, 0.3) is 11.6 Å². The number of benzene rings is 2. The number of ether oxygens (including phenoxy) is 2. The highest BCUT2D eigenvalue weighted by atomic mass is 35.5. The van der Waals surface area contributed by atoms with Crippen LogP contribution in [0.2, 0.25) is 5.02 Å². The van der Waals surface area contributed by atoms with Crippen LogP contribution in [0.3, 0.4) is 0 Å². The van der Waals surface area contributed by atoms with Crippen molar-refractivity contribution in [2.45, 2.75) is 6.92 Å². The number of hydrazone groups is 1. The summed E-state index contributed by atoms with van der Waals surface area (Å²) in [5.41, 5.74) is 3.32. The van der Waals surface area contributed by atoms with E-state index >= 15 is 0 Å². The van der Waals surface area contributed by atoms with E-state index in [2.05, 4.69) is 10.5 Å². The Morgan fingerprint density at radius 1 is 1.12 bits per heavy atom. The Morgan fingerprint density at radius 3 is 2.38 bits per heavy atom. The van der Waals surface area contributed by atoms with Crippen LogP contribution in [0, 0.1) is 10.1 Å². The lowest BCUT2D eigenvalue weighted by atomic mass is 10.1. The first-order valence-electron chi connectivity index (χ1n) is 7.38. The Hall–Kier alpha value is -3.13. The van der Waals surface area contributed by atoms with Gasteiger partial charge in [0.1, 0.15) is 5.02 Å². The molecule has 1 N–H and O–H groups in total. The number of nitro benzene ring substituents is 1. The van der Waals surface area contributed by atoms with Gasteiger partial charge in [-0.3, -0.25) is 14.9 Å². The van der Waals surface area contributed by atoms with E-state index < -0.39 is 10.8 Å². The lowest BCUT2D eigenvalue weighted by Gasteiger charge is -2.09. The third kappa shape index (κ3) is 4.28. The maximum absolute atomic E-state index is 12.2. The standard InChI is InChI=1S/C17H16ClN3O5/c1-10(11-5-7-15(25-2)16(9-11)26-3)19-20-17(22)12-4-6-13(18)14(8-12)21(23)24/h4-9H,1-3H3,(H,20,22)/b19-10-. The molecule has 0 atom stereocenters. The van der Waals surface area contributed by atoms with E-state index in [-0.39, 0.29) is 16.3 Å². The van der Waals surface area contributed by atoms with Gasteiger partial charge >= 0.3 is 0 Å². The first-order chi connectivity index (χ1) is 12.4. The molecular weight excluding hydrogens is 362 g/mol. The molecule has 2 rings (SSSR count). The number of nitro groups is 1. The lowest BCUT2D eigenvalue weighted by molar-refractivity contribution is -0.384. The first-order valence-corrected chi connectivity index (χ1v) is 7.76. The van der Waals surface area contributed by atoms with Gasteiger partial charge in [-0.05, 0) is 37.3 Å². The van der Waals surface area contributed by atoms with Crippen LogP contribution in [0.4, 0.5) is 5.69 Å². The van der Waals surface area contributed by atoms with Crippen molar-refractivity contribution in [3.05, 3.63) is 62.7 Å². The third-order valence-electron chi connectivity index (χ3n) is 3.53. The number of carbonyl (C=O) groups excluding carboxylic acids is 1. The number of rotatable bonds is 6. The van der Waals surface area contributed by atoms with Crippen molar-refractivity contribution < 1.29 is 19.2 Å². The van der Waals surface area contributed by atoms with Crippen molar-refractivity contribution in [3.8, 4) is 11.5 Å². The maximum Gasteiger partial charge on any atom is 0.288 e. The topological polar surface area (TPSA) is 103 Å². The molecule has 0 saturated carbocycles. The fourth-order valence-corrected chi connectivity index (χ4v) is 2.31. The molecule has 8 nitrogen and oxygen atoms in total. The monoisotopic (exact) mass is 377 g/mol. The van der Waals surface area contributed by atoms with Crippen LogP contribution < -0.4 is 14.9 Å². The van der Waals surface area contributed by atoms with Gasteiger partial charge in [-0.1, -0.05) is 11.6 Å². The Kier molecular flexibility index (Phi) is 6.13. The van der Waals surface area contributed by atoms with Gasteiger partial charge in [0, 0.05) is 17.2 Å². The van der Waals surface area contributed by atoms with Crippen LogP contribution in [0.1, 0.15) is 22.8 Å². The molecule has 0 aliphatic carbocycles. The molecule has 0 spiro atoms. The molecule has 136 valence electrons. The summed E-state index contributed by atoms with van der Waals surface area (Å²) in [6.07, 6.45) is 0. The van der Waals surface area contributed by atoms with E-state index in [4.69, 9.17) is 21.1 Å². The summed E-state index contributed by atoms with van der Waals surface area (Å²) in [6.45, 7) is 1.70. The second-order valence-electron chi connectivity index (χ2n) is 5.13. The zero-order chi connectivity index (χ0) is 19.3. The Balaban J connectivity index is 2.20. The number of nitrogens with zero attached hydrogens (tertiary/aromatic N) is 2. The van der Waals surface area contributed by atoms with Crippen molar-refractivity contribution in [2.24, 2.45) is 5.10 Å². The quantitative estimate of drug-likeness (QED) is 0.472. The van der Waals surface area contributed by atoms with Gasteiger partial charge in [-0.15, -0.1) is 0 Å². The molecule has 0 aromatic heterocycles. The van der Waals surface area contributed by atoms with Crippen LogP contribution in [-0.2, 0) is 0 Å². The molecular formula is C17H16ClN3O5. The summed E-state index contributed by atoms with van der Waals surface area (Å²) in [5, 5.41) is 14.9. The minimum absolute atomic E-state index is 0.0449. The largest absolute Gasteiger partial charge is 0.493 e. The highest BCUT2D eigenvalue weighted by molar-refractivity contribution is 6.32. The molecule has 0 radical (unpaired) electrons. The van der Waals surface area contributed by atoms with Gasteiger partial charge in [0.2, 0.25) is 0 Å². The van der Waals surface area contributed by atoms with Crippen molar-refractivity contribution in [1.82, 2.24) is 5.43 Å². The lowest BCUT2D eigenvalue weighted by Crippen LogP contribution is -2.19. The molecule has 0 saturated heterocycles. The van der Waals surface area contributed by atoms with E-state index in [1.807, 2.05) is 0 Å². The van der Waals surface area contributed by atoms with E-state index in [1.165, 1.54) is 26.4 Å². The smallest absolute Gasteiger partial charge is 0.288 e. The Bertz CT molecular complexity index is 883. The first kappa shape index (κ1) is 19.2. The van der Waals surface area contributed by atoms with Gasteiger partial charge in [-0.25, -0.2) is 5.43 Å². The van der Waals surface area contributed by atoms with Crippen LogP contribution >= 0.6 is 11.6 Å². The second-order valence-corrected chi connectivity index (χ2v) is 5.54. The molecule has 2 aromatic carbocycles. The zero-order valence-electron chi connectivity index (χ0n) is 14.3. The second kappa shape index (κ2) is 8.30. The summed E-state index contributed by atoms with van der Waals surface area (Å²) in [5.74, 6) is 0.505. The van der Waals surface area contributed by atoms with Crippen LogP contribution in [0.15, 0.2) is 41.5 Å². The number of methoxy groups -OCH3 is 2. The Morgan fingerprint density at radius 2 is 1.77 bits per heavy atom. The number of hydrogen-bond acceptors (Lipinski definition) is 6. The average Bonchev–Trinajstić information content (AvgIpc) is 2.65. The van der Waals surface area contributed by atoms with Crippen molar-refractivity contribution >= 4 is 28.9 Å². The summed E-state index contributed by atoms with van der Waals surface area (Å²) in [6, 6.07) is 8.97. The van der Waals surface area contributed by atoms with Gasteiger partial charge < -0.3 is 9.47 Å². The Labute approximate surface area is 154 Å². The number of carbonyl (C=O) groups is 1. The number of halogens is 1. The molecule has 9 heteroatoms. The normalized spacial score (nSPS) is 11.0. The molecule has 0 fully saturated rings. The number of nitrogens with one attached hydrogen (secondary N) is 1. The maximum atomic E-state index is 12.2. The van der Waals surface area contributed by atoms with Crippen LogP contribution in [-0.4, -0.2) is 30.8 Å². The summed E-state index contributed by atoms with van der Waals surface area (Å²) in [7, 11) is 3.05. The van der Waals surface area contributed by atoms with Gasteiger partial charge in [0.15, 0.2) is 11.5 Å². The van der Waals surface area contributed by atoms with Crippen molar-refractivity contribution in [1.29, 1.82) is 0 Å². The molecule has 0 aliphatic rings. The molecule has 26 heavy (non-hydrogen) atoms. The highest BCUT2D eigenvalue weighted by Gasteiger charge is 2.16. The van der Waals surface area contributed by atoms with Crippen molar-refractivity contribution in [2.75, 3.05) is 14.2 Å². The van der Waals surface area contributed by atoms with E-state index in [9.17, 15) is 14.9 Å². The summed E-state index contributed by atoms with van der Waals surface area (Å²) < 4.78 is 10.4. The highest BCUT2D eigenvalue weighted by Crippen LogP contribution is 2.28. The van der Waals surface area contributed by atoms with E-state index in [0.717, 1.165) is 6.07 Å². The minimum Gasteiger partial charge on any atom is -0.493 e. The zero-order valence-corrected chi connectivity index (χ0v) is 15.0. The molecule has 0 unspecified atom stereocenters. The van der Waals surface area contributed by atoms with E-state index in [0.29, 0.717) is 22.8 Å². The van der Waals surface area contributed by atoms with Gasteiger partial charge in [-0.2, -0.15) is 5.10 Å².